The Kier molecular flexibility index (Phi) is 3.25. The first-order valence-corrected chi connectivity index (χ1v) is 6.49. The molecule has 102 valence electrons. The number of aryl methyl sites for hydroxylation is 2. The Labute approximate surface area is 117 Å². The first-order valence-electron chi connectivity index (χ1n) is 6.49. The molecule has 0 saturated carbocycles. The lowest BCUT2D eigenvalue weighted by atomic mass is 10.3. The molecule has 0 aliphatic carbocycles. The van der Waals surface area contributed by atoms with Crippen LogP contribution in [0.1, 0.15) is 17.1 Å². The van der Waals surface area contributed by atoms with Gasteiger partial charge in [0.2, 0.25) is 5.95 Å². The van der Waals surface area contributed by atoms with Gasteiger partial charge in [0.15, 0.2) is 0 Å². The molecule has 20 heavy (non-hydrogen) atoms. The van der Waals surface area contributed by atoms with E-state index >= 15 is 0 Å². The molecule has 5 heteroatoms. The number of benzene rings is 1. The van der Waals surface area contributed by atoms with Crippen molar-refractivity contribution < 1.29 is 4.52 Å². The van der Waals surface area contributed by atoms with Gasteiger partial charge in [0.05, 0.1) is 12.2 Å². The molecule has 0 saturated heterocycles. The summed E-state index contributed by atoms with van der Waals surface area (Å²) in [6.45, 7) is 4.49. The molecule has 0 atom stereocenters. The highest BCUT2D eigenvalue weighted by Crippen LogP contribution is 2.17. The van der Waals surface area contributed by atoms with Crippen LogP contribution < -0.4 is 5.32 Å². The van der Waals surface area contributed by atoms with E-state index in [4.69, 9.17) is 4.52 Å². The highest BCUT2D eigenvalue weighted by molar-refractivity contribution is 5.53. The molecular formula is C15H16N4O. The minimum atomic E-state index is 0.632. The van der Waals surface area contributed by atoms with Crippen molar-refractivity contribution in [1.29, 1.82) is 0 Å². The first kappa shape index (κ1) is 12.5. The summed E-state index contributed by atoms with van der Waals surface area (Å²) in [4.78, 5) is 4.50. The van der Waals surface area contributed by atoms with Gasteiger partial charge in [-0.15, -0.1) is 0 Å². The van der Waals surface area contributed by atoms with Crippen LogP contribution >= 0.6 is 0 Å². The zero-order valence-corrected chi connectivity index (χ0v) is 11.5. The lowest BCUT2D eigenvalue weighted by molar-refractivity contribution is 0.389. The fourth-order valence-electron chi connectivity index (χ4n) is 2.08. The van der Waals surface area contributed by atoms with Gasteiger partial charge >= 0.3 is 0 Å². The number of nitrogens with one attached hydrogen (secondary N) is 1. The molecule has 3 rings (SSSR count). The lowest BCUT2D eigenvalue weighted by Crippen LogP contribution is -2.04. The standard InChI is InChI=1S/C15H16N4O/c1-11-9-19(10-14-8-12(2)20-18-14)15(16-11)17-13-6-4-3-5-7-13/h3-9H,10H2,1-2H3,(H,16,17). The topological polar surface area (TPSA) is 55.9 Å². The molecule has 2 aromatic heterocycles. The van der Waals surface area contributed by atoms with Crippen LogP contribution in [0.3, 0.4) is 0 Å². The quantitative estimate of drug-likeness (QED) is 0.789. The zero-order chi connectivity index (χ0) is 13.9. The van der Waals surface area contributed by atoms with Crippen LogP contribution in [-0.4, -0.2) is 14.7 Å². The number of rotatable bonds is 4. The zero-order valence-electron chi connectivity index (χ0n) is 11.5. The number of nitrogens with zero attached hydrogens (tertiary/aromatic N) is 3. The average Bonchev–Trinajstić information content (AvgIpc) is 2.98. The predicted octanol–water partition coefficient (Wildman–Crippen LogP) is 3.28. The van der Waals surface area contributed by atoms with Crippen LogP contribution in [0.15, 0.2) is 47.1 Å². The smallest absolute Gasteiger partial charge is 0.207 e. The average molecular weight is 268 g/mol. The fourth-order valence-corrected chi connectivity index (χ4v) is 2.08. The third-order valence-corrected chi connectivity index (χ3v) is 2.94. The van der Waals surface area contributed by atoms with Crippen molar-refractivity contribution in [2.24, 2.45) is 0 Å². The summed E-state index contributed by atoms with van der Waals surface area (Å²) in [6, 6.07) is 11.9. The molecule has 0 spiro atoms. The van der Waals surface area contributed by atoms with Gasteiger partial charge in [-0.1, -0.05) is 23.4 Å². The normalized spacial score (nSPS) is 10.7. The highest BCUT2D eigenvalue weighted by Gasteiger charge is 2.08. The molecule has 1 N–H and O–H groups in total. The number of imidazole rings is 1. The first-order chi connectivity index (χ1) is 9.70. The Morgan fingerprint density at radius 1 is 1.20 bits per heavy atom. The van der Waals surface area contributed by atoms with Gasteiger partial charge < -0.3 is 14.4 Å². The van der Waals surface area contributed by atoms with Crippen LogP contribution in [0.2, 0.25) is 0 Å². The fraction of sp³-hybridized carbons (Fsp3) is 0.200. The Morgan fingerprint density at radius 3 is 2.70 bits per heavy atom. The van der Waals surface area contributed by atoms with Crippen molar-refractivity contribution in [3.05, 3.63) is 59.7 Å². The molecule has 2 heterocycles. The SMILES string of the molecule is Cc1cn(Cc2cc(C)on2)c(Nc2ccccc2)n1. The van der Waals surface area contributed by atoms with Gasteiger partial charge in [0, 0.05) is 18.0 Å². The third-order valence-electron chi connectivity index (χ3n) is 2.94. The van der Waals surface area contributed by atoms with Crippen molar-refractivity contribution in [2.75, 3.05) is 5.32 Å². The molecular weight excluding hydrogens is 252 g/mol. The second-order valence-electron chi connectivity index (χ2n) is 4.75. The van der Waals surface area contributed by atoms with Gasteiger partial charge in [-0.25, -0.2) is 4.98 Å². The Balaban J connectivity index is 1.84. The number of hydrogen-bond donors (Lipinski definition) is 1. The summed E-state index contributed by atoms with van der Waals surface area (Å²) in [5, 5.41) is 7.33. The minimum absolute atomic E-state index is 0.632. The van der Waals surface area contributed by atoms with E-state index in [-0.39, 0.29) is 0 Å². The van der Waals surface area contributed by atoms with Gasteiger partial charge in [-0.2, -0.15) is 0 Å². The van der Waals surface area contributed by atoms with Crippen molar-refractivity contribution in [1.82, 2.24) is 14.7 Å². The molecule has 1 aromatic carbocycles. The number of para-hydroxylation sites is 1. The number of aromatic nitrogens is 3. The summed E-state index contributed by atoms with van der Waals surface area (Å²) in [6.07, 6.45) is 2.00. The van der Waals surface area contributed by atoms with Crippen molar-refractivity contribution in [3.63, 3.8) is 0 Å². The van der Waals surface area contributed by atoms with E-state index in [0.717, 1.165) is 28.8 Å². The van der Waals surface area contributed by atoms with Crippen LogP contribution in [0, 0.1) is 13.8 Å². The molecule has 0 aliphatic heterocycles. The van der Waals surface area contributed by atoms with Crippen LogP contribution in [0.5, 0.6) is 0 Å². The molecule has 3 aromatic rings. The molecule has 0 aliphatic rings. The van der Waals surface area contributed by atoms with Gasteiger partial charge in [-0.3, -0.25) is 0 Å². The van der Waals surface area contributed by atoms with E-state index in [1.807, 2.05) is 61.0 Å². The third kappa shape index (κ3) is 2.71. The lowest BCUT2D eigenvalue weighted by Gasteiger charge is -2.08. The van der Waals surface area contributed by atoms with E-state index in [1.54, 1.807) is 0 Å². The van der Waals surface area contributed by atoms with E-state index in [9.17, 15) is 0 Å². The van der Waals surface area contributed by atoms with Gasteiger partial charge in [0.1, 0.15) is 11.5 Å². The number of anilines is 2. The van der Waals surface area contributed by atoms with E-state index in [0.29, 0.717) is 6.54 Å². The van der Waals surface area contributed by atoms with E-state index in [1.165, 1.54) is 0 Å². The second kappa shape index (κ2) is 5.21. The van der Waals surface area contributed by atoms with Crippen LogP contribution in [-0.2, 0) is 6.54 Å². The summed E-state index contributed by atoms with van der Waals surface area (Å²) >= 11 is 0. The van der Waals surface area contributed by atoms with Crippen molar-refractivity contribution in [2.45, 2.75) is 20.4 Å². The molecule has 0 amide bonds. The van der Waals surface area contributed by atoms with Crippen molar-refractivity contribution >= 4 is 11.6 Å². The van der Waals surface area contributed by atoms with Gasteiger partial charge in [0.25, 0.3) is 0 Å². The van der Waals surface area contributed by atoms with E-state index in [2.05, 4.69) is 15.5 Å². The Morgan fingerprint density at radius 2 is 2.00 bits per heavy atom. The maximum Gasteiger partial charge on any atom is 0.207 e. The molecule has 5 nitrogen and oxygen atoms in total. The maximum absolute atomic E-state index is 5.10. The predicted molar refractivity (Wildman–Crippen MR) is 77.0 cm³/mol. The highest BCUT2D eigenvalue weighted by atomic mass is 16.5. The summed E-state index contributed by atoms with van der Waals surface area (Å²) in [5.74, 6) is 1.61. The maximum atomic E-state index is 5.10. The van der Waals surface area contributed by atoms with Gasteiger partial charge in [-0.05, 0) is 26.0 Å². The minimum Gasteiger partial charge on any atom is -0.361 e. The summed E-state index contributed by atoms with van der Waals surface area (Å²) < 4.78 is 7.12. The molecule has 0 fully saturated rings. The van der Waals surface area contributed by atoms with Crippen LogP contribution in [0.25, 0.3) is 0 Å². The summed E-state index contributed by atoms with van der Waals surface area (Å²) in [7, 11) is 0. The van der Waals surface area contributed by atoms with E-state index < -0.39 is 0 Å². The Hall–Kier alpha value is -2.56. The second-order valence-corrected chi connectivity index (χ2v) is 4.75. The molecule has 0 radical (unpaired) electrons. The molecule has 0 unspecified atom stereocenters. The molecule has 0 bridgehead atoms. The van der Waals surface area contributed by atoms with Crippen LogP contribution in [0.4, 0.5) is 11.6 Å². The number of hydrogen-bond acceptors (Lipinski definition) is 4. The Bertz CT molecular complexity index is 700. The largest absolute Gasteiger partial charge is 0.361 e. The summed E-state index contributed by atoms with van der Waals surface area (Å²) in [5.41, 5.74) is 2.86. The monoisotopic (exact) mass is 268 g/mol. The van der Waals surface area contributed by atoms with Crippen molar-refractivity contribution in [3.8, 4) is 0 Å².